The van der Waals surface area contributed by atoms with E-state index in [-0.39, 0.29) is 0 Å². The molecular formula is C8H7NO. The summed E-state index contributed by atoms with van der Waals surface area (Å²) in [6.45, 7) is 0.737. The molecule has 50 valence electrons. The van der Waals surface area contributed by atoms with Crippen LogP contribution in [0.3, 0.4) is 0 Å². The second-order valence-corrected chi connectivity index (χ2v) is 2.12. The average Bonchev–Trinajstić information content (AvgIpc) is 2.05. The summed E-state index contributed by atoms with van der Waals surface area (Å²) in [6.07, 6.45) is 9.52. The quantitative estimate of drug-likeness (QED) is 0.489. The van der Waals surface area contributed by atoms with Gasteiger partial charge in [0.1, 0.15) is 0 Å². The van der Waals surface area contributed by atoms with Gasteiger partial charge in [-0.1, -0.05) is 12.2 Å². The van der Waals surface area contributed by atoms with Crippen molar-refractivity contribution in [3.8, 4) is 0 Å². The van der Waals surface area contributed by atoms with Crippen molar-refractivity contribution in [1.29, 1.82) is 0 Å². The number of nitrogens with zero attached hydrogens (tertiary/aromatic N) is 1. The highest BCUT2D eigenvalue weighted by Crippen LogP contribution is 2.11. The summed E-state index contributed by atoms with van der Waals surface area (Å²) in [5.41, 5.74) is 1.06. The van der Waals surface area contributed by atoms with Gasteiger partial charge in [-0.3, -0.25) is 0 Å². The Morgan fingerprint density at radius 3 is 3.40 bits per heavy atom. The molecule has 0 aromatic rings. The van der Waals surface area contributed by atoms with Crippen LogP contribution in [0.4, 0.5) is 0 Å². The van der Waals surface area contributed by atoms with E-state index in [0.29, 0.717) is 0 Å². The largest absolute Gasteiger partial charge is 0.446 e. The second kappa shape index (κ2) is 2.14. The lowest BCUT2D eigenvalue weighted by Crippen LogP contribution is -2.09. The third-order valence-electron chi connectivity index (χ3n) is 1.42. The molecule has 2 nitrogen and oxygen atoms in total. The highest BCUT2D eigenvalue weighted by molar-refractivity contribution is 5.98. The highest BCUT2D eigenvalue weighted by atomic mass is 16.5. The molecule has 10 heavy (non-hydrogen) atoms. The lowest BCUT2D eigenvalue weighted by atomic mass is 10.2. The number of rotatable bonds is 0. The molecule has 0 aromatic carbocycles. The third-order valence-corrected chi connectivity index (χ3v) is 1.42. The number of allylic oxidation sites excluding steroid dienone is 2. The molecule has 2 rings (SSSR count). The van der Waals surface area contributed by atoms with Gasteiger partial charge in [0.15, 0.2) is 0 Å². The summed E-state index contributed by atoms with van der Waals surface area (Å²) in [6, 6.07) is 0. The summed E-state index contributed by atoms with van der Waals surface area (Å²) >= 11 is 0. The van der Waals surface area contributed by atoms with Crippen LogP contribution in [0.25, 0.3) is 0 Å². The van der Waals surface area contributed by atoms with E-state index in [2.05, 4.69) is 4.99 Å². The molecule has 0 aromatic heterocycles. The Hall–Kier alpha value is -1.31. The monoisotopic (exact) mass is 133 g/mol. The topological polar surface area (TPSA) is 21.6 Å². The van der Waals surface area contributed by atoms with Crippen LogP contribution < -0.4 is 0 Å². The van der Waals surface area contributed by atoms with E-state index in [1.54, 1.807) is 6.26 Å². The predicted molar refractivity (Wildman–Crippen MR) is 39.8 cm³/mol. The van der Waals surface area contributed by atoms with Gasteiger partial charge in [0.25, 0.3) is 0 Å². The molecular weight excluding hydrogens is 126 g/mol. The smallest absolute Gasteiger partial charge is 0.221 e. The Morgan fingerprint density at radius 2 is 2.50 bits per heavy atom. The first-order chi connectivity index (χ1) is 4.97. The fourth-order valence-corrected chi connectivity index (χ4v) is 0.957. The zero-order chi connectivity index (χ0) is 6.81. The van der Waals surface area contributed by atoms with Gasteiger partial charge in [0, 0.05) is 5.57 Å². The van der Waals surface area contributed by atoms with Gasteiger partial charge < -0.3 is 4.74 Å². The van der Waals surface area contributed by atoms with Gasteiger partial charge in [-0.25, -0.2) is 4.99 Å². The molecule has 2 aliphatic heterocycles. The second-order valence-electron chi connectivity index (χ2n) is 2.12. The molecule has 2 heteroatoms. The molecule has 2 aliphatic rings. The summed E-state index contributed by atoms with van der Waals surface area (Å²) in [4.78, 5) is 4.14. The Morgan fingerprint density at radius 1 is 1.50 bits per heavy atom. The van der Waals surface area contributed by atoms with Crippen LogP contribution in [0.15, 0.2) is 41.1 Å². The lowest BCUT2D eigenvalue weighted by molar-refractivity contribution is 0.467. The Kier molecular flexibility index (Phi) is 1.17. The molecule has 0 fully saturated rings. The molecule has 0 atom stereocenters. The van der Waals surface area contributed by atoms with Gasteiger partial charge in [0.05, 0.1) is 12.8 Å². The molecule has 0 aliphatic carbocycles. The number of ether oxygens (including phenoxy) is 1. The van der Waals surface area contributed by atoms with Crippen LogP contribution in [0.5, 0.6) is 0 Å². The van der Waals surface area contributed by atoms with E-state index in [0.717, 1.165) is 18.0 Å². The molecule has 0 spiro atoms. The van der Waals surface area contributed by atoms with Gasteiger partial charge in [-0.2, -0.15) is 0 Å². The fraction of sp³-hybridized carbons (Fsp3) is 0.125. The van der Waals surface area contributed by atoms with Crippen LogP contribution in [0.2, 0.25) is 0 Å². The van der Waals surface area contributed by atoms with Gasteiger partial charge in [-0.05, 0) is 12.2 Å². The van der Waals surface area contributed by atoms with Crippen LogP contribution in [0, 0.1) is 0 Å². The Balaban J connectivity index is 2.39. The lowest BCUT2D eigenvalue weighted by Gasteiger charge is -2.11. The minimum atomic E-state index is 0.737. The van der Waals surface area contributed by atoms with Crippen molar-refractivity contribution in [2.45, 2.75) is 0 Å². The zero-order valence-corrected chi connectivity index (χ0v) is 5.45. The molecule has 0 bridgehead atoms. The predicted octanol–water partition coefficient (Wildman–Crippen LogP) is 1.43. The molecule has 0 N–H and O–H groups in total. The first kappa shape index (κ1) is 5.47. The van der Waals surface area contributed by atoms with E-state index >= 15 is 0 Å². The van der Waals surface area contributed by atoms with Crippen molar-refractivity contribution in [3.63, 3.8) is 0 Å². The first-order valence-corrected chi connectivity index (χ1v) is 3.22. The summed E-state index contributed by atoms with van der Waals surface area (Å²) in [5.74, 6) is 0.741. The average molecular weight is 133 g/mol. The normalized spacial score (nSPS) is 20.8. The van der Waals surface area contributed by atoms with Crippen LogP contribution in [-0.2, 0) is 4.74 Å². The standard InChI is InChI=1S/C8H7NO/c1-3-7-4-2-6-10-8(7)9-5-1/h1-4,6H,5H2. The highest BCUT2D eigenvalue weighted by Gasteiger charge is 2.08. The molecule has 2 heterocycles. The first-order valence-electron chi connectivity index (χ1n) is 3.22. The van der Waals surface area contributed by atoms with E-state index in [4.69, 9.17) is 4.74 Å². The molecule has 0 unspecified atom stereocenters. The SMILES string of the molecule is C1=COC2=NCC=CC2=C1. The Labute approximate surface area is 59.2 Å². The molecule has 0 radical (unpaired) electrons. The van der Waals surface area contributed by atoms with Gasteiger partial charge >= 0.3 is 0 Å². The van der Waals surface area contributed by atoms with Crippen molar-refractivity contribution >= 4 is 5.90 Å². The van der Waals surface area contributed by atoms with E-state index in [9.17, 15) is 0 Å². The number of hydrogen-bond acceptors (Lipinski definition) is 2. The van der Waals surface area contributed by atoms with Gasteiger partial charge in [-0.15, -0.1) is 0 Å². The van der Waals surface area contributed by atoms with Crippen molar-refractivity contribution in [3.05, 3.63) is 36.1 Å². The summed E-state index contributed by atoms with van der Waals surface area (Å²) in [7, 11) is 0. The van der Waals surface area contributed by atoms with Gasteiger partial charge in [0.2, 0.25) is 5.90 Å². The fourth-order valence-electron chi connectivity index (χ4n) is 0.957. The maximum atomic E-state index is 5.13. The van der Waals surface area contributed by atoms with E-state index in [1.165, 1.54) is 0 Å². The molecule has 0 saturated carbocycles. The van der Waals surface area contributed by atoms with Crippen molar-refractivity contribution in [1.82, 2.24) is 0 Å². The number of hydrogen-bond donors (Lipinski definition) is 0. The summed E-state index contributed by atoms with van der Waals surface area (Å²) < 4.78 is 5.13. The maximum Gasteiger partial charge on any atom is 0.221 e. The third kappa shape index (κ3) is 0.778. The van der Waals surface area contributed by atoms with Crippen molar-refractivity contribution in [2.24, 2.45) is 4.99 Å². The molecule has 0 amide bonds. The van der Waals surface area contributed by atoms with Crippen molar-refractivity contribution < 1.29 is 4.74 Å². The zero-order valence-electron chi connectivity index (χ0n) is 5.45. The van der Waals surface area contributed by atoms with Crippen LogP contribution >= 0.6 is 0 Å². The number of dihydropyridines is 1. The number of aliphatic imine (C=N–C) groups is 1. The van der Waals surface area contributed by atoms with Crippen molar-refractivity contribution in [2.75, 3.05) is 6.54 Å². The van der Waals surface area contributed by atoms with Crippen LogP contribution in [-0.4, -0.2) is 12.4 Å². The summed E-state index contributed by atoms with van der Waals surface area (Å²) in [5, 5.41) is 0. The maximum absolute atomic E-state index is 5.13. The molecule has 0 saturated heterocycles. The van der Waals surface area contributed by atoms with E-state index in [1.807, 2.05) is 24.3 Å². The number of fused-ring (bicyclic) bond motifs is 1. The van der Waals surface area contributed by atoms with Crippen LogP contribution in [0.1, 0.15) is 0 Å². The Bertz CT molecular complexity index is 258. The van der Waals surface area contributed by atoms with E-state index < -0.39 is 0 Å². The minimum absolute atomic E-state index is 0.737. The minimum Gasteiger partial charge on any atom is -0.446 e.